The number of rotatable bonds is 2. The SMILES string of the molecule is Cc1cc(C(=O)Nc2n[nH]c(C)c2C)c2ccccc2n1. The van der Waals surface area contributed by atoms with Crippen LogP contribution in [0, 0.1) is 20.8 Å². The highest BCUT2D eigenvalue weighted by Gasteiger charge is 2.14. The summed E-state index contributed by atoms with van der Waals surface area (Å²) in [6.45, 7) is 5.72. The number of aromatic nitrogens is 3. The number of carbonyl (C=O) groups is 1. The van der Waals surface area contributed by atoms with Crippen LogP contribution in [0.2, 0.25) is 0 Å². The van der Waals surface area contributed by atoms with E-state index in [0.29, 0.717) is 11.4 Å². The molecule has 1 amide bonds. The Morgan fingerprint density at radius 1 is 1.19 bits per heavy atom. The molecule has 0 saturated heterocycles. The van der Waals surface area contributed by atoms with Gasteiger partial charge in [0.15, 0.2) is 5.82 Å². The van der Waals surface area contributed by atoms with Crippen molar-refractivity contribution in [3.63, 3.8) is 0 Å². The minimum atomic E-state index is -0.175. The molecule has 0 fully saturated rings. The van der Waals surface area contributed by atoms with Gasteiger partial charge in [0.05, 0.1) is 11.1 Å². The molecule has 0 saturated carbocycles. The smallest absolute Gasteiger partial charge is 0.257 e. The van der Waals surface area contributed by atoms with Gasteiger partial charge < -0.3 is 5.32 Å². The molecule has 21 heavy (non-hydrogen) atoms. The summed E-state index contributed by atoms with van der Waals surface area (Å²) in [6, 6.07) is 9.42. The lowest BCUT2D eigenvalue weighted by Crippen LogP contribution is -2.14. The Labute approximate surface area is 122 Å². The number of nitrogens with zero attached hydrogens (tertiary/aromatic N) is 2. The highest BCUT2D eigenvalue weighted by molar-refractivity contribution is 6.12. The molecule has 0 bridgehead atoms. The molecule has 1 aromatic carbocycles. The van der Waals surface area contributed by atoms with Crippen molar-refractivity contribution in [1.82, 2.24) is 15.2 Å². The molecule has 0 aliphatic carbocycles. The number of hydrogen-bond donors (Lipinski definition) is 2. The molecule has 0 spiro atoms. The lowest BCUT2D eigenvalue weighted by Gasteiger charge is -2.08. The van der Waals surface area contributed by atoms with Crippen molar-refractivity contribution in [3.8, 4) is 0 Å². The number of aromatic amines is 1. The third-order valence-electron chi connectivity index (χ3n) is 3.57. The Morgan fingerprint density at radius 2 is 1.95 bits per heavy atom. The molecule has 2 aromatic heterocycles. The lowest BCUT2D eigenvalue weighted by atomic mass is 10.1. The van der Waals surface area contributed by atoms with Gasteiger partial charge in [0, 0.05) is 22.3 Å². The van der Waals surface area contributed by atoms with Crippen molar-refractivity contribution in [2.24, 2.45) is 0 Å². The van der Waals surface area contributed by atoms with Crippen LogP contribution in [0.25, 0.3) is 10.9 Å². The summed E-state index contributed by atoms with van der Waals surface area (Å²) in [6.07, 6.45) is 0. The minimum absolute atomic E-state index is 0.175. The van der Waals surface area contributed by atoms with E-state index in [1.807, 2.05) is 45.0 Å². The number of para-hydroxylation sites is 1. The zero-order valence-corrected chi connectivity index (χ0v) is 12.2. The number of anilines is 1. The van der Waals surface area contributed by atoms with E-state index >= 15 is 0 Å². The number of aryl methyl sites for hydroxylation is 2. The van der Waals surface area contributed by atoms with Crippen LogP contribution in [0.5, 0.6) is 0 Å². The molecule has 5 heteroatoms. The largest absolute Gasteiger partial charge is 0.305 e. The Kier molecular flexibility index (Phi) is 3.17. The maximum Gasteiger partial charge on any atom is 0.257 e. The quantitative estimate of drug-likeness (QED) is 0.757. The van der Waals surface area contributed by atoms with E-state index in [-0.39, 0.29) is 5.91 Å². The zero-order chi connectivity index (χ0) is 15.0. The highest BCUT2D eigenvalue weighted by atomic mass is 16.1. The first-order valence-electron chi connectivity index (χ1n) is 6.75. The maximum absolute atomic E-state index is 12.5. The van der Waals surface area contributed by atoms with Crippen molar-refractivity contribution < 1.29 is 4.79 Å². The van der Waals surface area contributed by atoms with Crippen LogP contribution in [0.1, 0.15) is 27.3 Å². The van der Waals surface area contributed by atoms with E-state index in [9.17, 15) is 4.79 Å². The molecule has 0 atom stereocenters. The molecule has 2 heterocycles. The van der Waals surface area contributed by atoms with Gasteiger partial charge in [-0.3, -0.25) is 14.9 Å². The molecule has 5 nitrogen and oxygen atoms in total. The molecule has 3 aromatic rings. The summed E-state index contributed by atoms with van der Waals surface area (Å²) in [4.78, 5) is 17.0. The van der Waals surface area contributed by atoms with Crippen LogP contribution < -0.4 is 5.32 Å². The Balaban J connectivity index is 2.04. The molecule has 0 aliphatic rings. The van der Waals surface area contributed by atoms with Gasteiger partial charge in [0.1, 0.15) is 0 Å². The van der Waals surface area contributed by atoms with Gasteiger partial charge in [-0.2, -0.15) is 5.10 Å². The second kappa shape index (κ2) is 5.01. The van der Waals surface area contributed by atoms with E-state index in [2.05, 4.69) is 20.5 Å². The third kappa shape index (κ3) is 2.38. The van der Waals surface area contributed by atoms with E-state index in [1.54, 1.807) is 6.07 Å². The fourth-order valence-corrected chi connectivity index (χ4v) is 2.28. The van der Waals surface area contributed by atoms with Crippen LogP contribution in [0.3, 0.4) is 0 Å². The zero-order valence-electron chi connectivity index (χ0n) is 12.2. The summed E-state index contributed by atoms with van der Waals surface area (Å²) in [5.74, 6) is 0.391. The second-order valence-electron chi connectivity index (χ2n) is 5.10. The summed E-state index contributed by atoms with van der Waals surface area (Å²) in [5.41, 5.74) is 4.13. The maximum atomic E-state index is 12.5. The fraction of sp³-hybridized carbons (Fsp3) is 0.188. The number of carbonyl (C=O) groups excluding carboxylic acids is 1. The van der Waals surface area contributed by atoms with Crippen molar-refractivity contribution in [3.05, 3.63) is 52.8 Å². The van der Waals surface area contributed by atoms with Gasteiger partial charge in [0.25, 0.3) is 5.91 Å². The average molecular weight is 280 g/mol. The molecule has 0 unspecified atom stereocenters. The normalized spacial score (nSPS) is 10.8. The monoisotopic (exact) mass is 280 g/mol. The number of hydrogen-bond acceptors (Lipinski definition) is 3. The average Bonchev–Trinajstić information content (AvgIpc) is 2.78. The Morgan fingerprint density at radius 3 is 2.67 bits per heavy atom. The number of H-pyrrole nitrogens is 1. The van der Waals surface area contributed by atoms with E-state index in [1.165, 1.54) is 0 Å². The van der Waals surface area contributed by atoms with Crippen LogP contribution in [0.15, 0.2) is 30.3 Å². The number of amides is 1. The van der Waals surface area contributed by atoms with Gasteiger partial charge in [-0.1, -0.05) is 18.2 Å². The summed E-state index contributed by atoms with van der Waals surface area (Å²) >= 11 is 0. The third-order valence-corrected chi connectivity index (χ3v) is 3.57. The van der Waals surface area contributed by atoms with Crippen molar-refractivity contribution in [1.29, 1.82) is 0 Å². The molecule has 2 N–H and O–H groups in total. The predicted molar refractivity (Wildman–Crippen MR) is 82.5 cm³/mol. The standard InChI is InChI=1S/C16H16N4O/c1-9-8-13(12-6-4-5-7-14(12)17-9)16(21)18-15-10(2)11(3)19-20-15/h4-8H,1-3H3,(H2,18,19,20,21). The molecule has 106 valence electrons. The number of pyridine rings is 1. The van der Waals surface area contributed by atoms with Crippen LogP contribution in [-0.4, -0.2) is 21.1 Å². The van der Waals surface area contributed by atoms with Gasteiger partial charge in [0.2, 0.25) is 0 Å². The van der Waals surface area contributed by atoms with Crippen LogP contribution in [0.4, 0.5) is 5.82 Å². The second-order valence-corrected chi connectivity index (χ2v) is 5.10. The minimum Gasteiger partial charge on any atom is -0.305 e. The molecular weight excluding hydrogens is 264 g/mol. The Hall–Kier alpha value is -2.69. The van der Waals surface area contributed by atoms with E-state index < -0.39 is 0 Å². The van der Waals surface area contributed by atoms with Gasteiger partial charge in [-0.15, -0.1) is 0 Å². The summed E-state index contributed by atoms with van der Waals surface area (Å²) in [7, 11) is 0. The molecule has 0 radical (unpaired) electrons. The molecular formula is C16H16N4O. The summed E-state index contributed by atoms with van der Waals surface area (Å²) in [5, 5.41) is 10.7. The van der Waals surface area contributed by atoms with Crippen LogP contribution in [-0.2, 0) is 0 Å². The van der Waals surface area contributed by atoms with Crippen molar-refractivity contribution in [2.75, 3.05) is 5.32 Å². The van der Waals surface area contributed by atoms with Gasteiger partial charge in [-0.05, 0) is 32.9 Å². The van der Waals surface area contributed by atoms with Crippen LogP contribution >= 0.6 is 0 Å². The van der Waals surface area contributed by atoms with Crippen molar-refractivity contribution >= 4 is 22.6 Å². The first-order valence-corrected chi connectivity index (χ1v) is 6.75. The van der Waals surface area contributed by atoms with Gasteiger partial charge >= 0.3 is 0 Å². The first-order chi connectivity index (χ1) is 10.1. The van der Waals surface area contributed by atoms with Gasteiger partial charge in [-0.25, -0.2) is 0 Å². The summed E-state index contributed by atoms with van der Waals surface area (Å²) < 4.78 is 0. The number of nitrogens with one attached hydrogen (secondary N) is 2. The number of benzene rings is 1. The predicted octanol–water partition coefficient (Wildman–Crippen LogP) is 3.14. The first kappa shape index (κ1) is 13.3. The number of fused-ring (bicyclic) bond motifs is 1. The Bertz CT molecular complexity index is 835. The van der Waals surface area contributed by atoms with E-state index in [4.69, 9.17) is 0 Å². The highest BCUT2D eigenvalue weighted by Crippen LogP contribution is 2.20. The lowest BCUT2D eigenvalue weighted by molar-refractivity contribution is 0.102. The molecule has 3 rings (SSSR count). The van der Waals surface area contributed by atoms with Crippen molar-refractivity contribution in [2.45, 2.75) is 20.8 Å². The van der Waals surface area contributed by atoms with E-state index in [0.717, 1.165) is 27.9 Å². The fourth-order valence-electron chi connectivity index (χ4n) is 2.28. The topological polar surface area (TPSA) is 70.7 Å². The molecule has 0 aliphatic heterocycles.